The van der Waals surface area contributed by atoms with Crippen molar-refractivity contribution in [2.45, 2.75) is 43.5 Å². The smallest absolute Gasteiger partial charge is 0.180 e. The van der Waals surface area contributed by atoms with Crippen LogP contribution in [0.2, 0.25) is 0 Å². The number of hydrogen-bond acceptors (Lipinski definition) is 4. The highest BCUT2D eigenvalue weighted by Crippen LogP contribution is 2.29. The van der Waals surface area contributed by atoms with Crippen molar-refractivity contribution in [3.8, 4) is 0 Å². The Labute approximate surface area is 121 Å². The van der Waals surface area contributed by atoms with Crippen LogP contribution >= 0.6 is 0 Å². The Morgan fingerprint density at radius 3 is 2.65 bits per heavy atom. The van der Waals surface area contributed by atoms with Gasteiger partial charge in [0.2, 0.25) is 0 Å². The normalized spacial score (nSPS) is 23.5. The van der Waals surface area contributed by atoms with Gasteiger partial charge >= 0.3 is 0 Å². The van der Waals surface area contributed by atoms with Gasteiger partial charge in [0.1, 0.15) is 0 Å². The van der Waals surface area contributed by atoms with Gasteiger partial charge in [-0.25, -0.2) is 8.42 Å². The molecule has 20 heavy (non-hydrogen) atoms. The fraction of sp³-hybridized carbons (Fsp3) is 0.600. The highest BCUT2D eigenvalue weighted by Gasteiger charge is 2.25. The van der Waals surface area contributed by atoms with E-state index in [0.29, 0.717) is 17.4 Å². The summed E-state index contributed by atoms with van der Waals surface area (Å²) in [5.74, 6) is 0.553. The van der Waals surface area contributed by atoms with Crippen LogP contribution in [0.4, 0.5) is 5.69 Å². The molecule has 0 heterocycles. The first kappa shape index (κ1) is 15.3. The summed E-state index contributed by atoms with van der Waals surface area (Å²) in [7, 11) is -3.20. The van der Waals surface area contributed by atoms with Gasteiger partial charge in [-0.15, -0.1) is 0 Å². The summed E-state index contributed by atoms with van der Waals surface area (Å²) in [5.41, 5.74) is 6.56. The molecule has 0 radical (unpaired) electrons. The second-order valence-corrected chi connectivity index (χ2v) is 7.68. The topological polar surface area (TPSA) is 72.2 Å². The zero-order valence-electron chi connectivity index (χ0n) is 12.0. The second kappa shape index (κ2) is 6.59. The number of para-hydroxylation sites is 1. The first-order chi connectivity index (χ1) is 9.58. The largest absolute Gasteiger partial charge is 0.381 e. The third kappa shape index (κ3) is 3.33. The Morgan fingerprint density at radius 2 is 1.95 bits per heavy atom. The lowest BCUT2D eigenvalue weighted by Gasteiger charge is -2.32. The third-order valence-corrected chi connectivity index (χ3v) is 5.94. The van der Waals surface area contributed by atoms with Gasteiger partial charge in [0.25, 0.3) is 0 Å². The quantitative estimate of drug-likeness (QED) is 0.875. The Bertz CT molecular complexity index is 543. The molecule has 3 N–H and O–H groups in total. The third-order valence-electron chi connectivity index (χ3n) is 4.15. The lowest BCUT2D eigenvalue weighted by molar-refractivity contribution is 0.332. The van der Waals surface area contributed by atoms with E-state index in [9.17, 15) is 8.42 Å². The van der Waals surface area contributed by atoms with Crippen molar-refractivity contribution in [2.75, 3.05) is 17.6 Å². The number of nitrogens with two attached hydrogens (primary N) is 1. The number of rotatable bonds is 5. The van der Waals surface area contributed by atoms with Crippen molar-refractivity contribution in [1.82, 2.24) is 0 Å². The SMILES string of the molecule is CCS(=O)(=O)c1ccccc1NC1CCCCC1CN. The van der Waals surface area contributed by atoms with Gasteiger partial charge in [-0.1, -0.05) is 31.9 Å². The molecule has 0 aliphatic heterocycles. The Balaban J connectivity index is 2.25. The molecule has 1 fully saturated rings. The number of benzene rings is 1. The van der Waals surface area contributed by atoms with Gasteiger partial charge in [-0.05, 0) is 37.4 Å². The highest BCUT2D eigenvalue weighted by molar-refractivity contribution is 7.91. The molecule has 2 rings (SSSR count). The zero-order chi connectivity index (χ0) is 14.6. The molecule has 1 aromatic rings. The van der Waals surface area contributed by atoms with Crippen LogP contribution in [-0.2, 0) is 9.84 Å². The molecule has 1 aromatic carbocycles. The fourth-order valence-corrected chi connectivity index (χ4v) is 3.95. The molecule has 0 aromatic heterocycles. The molecule has 1 aliphatic rings. The van der Waals surface area contributed by atoms with Gasteiger partial charge in [0, 0.05) is 6.04 Å². The van der Waals surface area contributed by atoms with Crippen molar-refractivity contribution in [2.24, 2.45) is 11.7 Å². The Hall–Kier alpha value is -1.07. The minimum Gasteiger partial charge on any atom is -0.381 e. The molecule has 1 saturated carbocycles. The molecule has 1 aliphatic carbocycles. The monoisotopic (exact) mass is 296 g/mol. The molecule has 0 saturated heterocycles. The number of nitrogens with one attached hydrogen (secondary N) is 1. The van der Waals surface area contributed by atoms with Crippen LogP contribution < -0.4 is 11.1 Å². The van der Waals surface area contributed by atoms with Crippen molar-refractivity contribution in [3.63, 3.8) is 0 Å². The molecule has 0 amide bonds. The van der Waals surface area contributed by atoms with E-state index in [4.69, 9.17) is 5.73 Å². The molecule has 2 atom stereocenters. The van der Waals surface area contributed by atoms with Gasteiger partial charge in [0.15, 0.2) is 9.84 Å². The molecule has 5 heteroatoms. The molecule has 2 unspecified atom stereocenters. The molecule has 4 nitrogen and oxygen atoms in total. The van der Waals surface area contributed by atoms with Gasteiger partial charge < -0.3 is 11.1 Å². The van der Waals surface area contributed by atoms with Crippen LogP contribution in [0.3, 0.4) is 0 Å². The van der Waals surface area contributed by atoms with E-state index < -0.39 is 9.84 Å². The summed E-state index contributed by atoms with van der Waals surface area (Å²) in [5, 5.41) is 3.43. The minimum atomic E-state index is -3.20. The lowest BCUT2D eigenvalue weighted by atomic mass is 9.84. The summed E-state index contributed by atoms with van der Waals surface area (Å²) in [6.45, 7) is 2.33. The van der Waals surface area contributed by atoms with Gasteiger partial charge in [0.05, 0.1) is 16.3 Å². The van der Waals surface area contributed by atoms with Gasteiger partial charge in [-0.3, -0.25) is 0 Å². The number of hydrogen-bond donors (Lipinski definition) is 2. The molecular weight excluding hydrogens is 272 g/mol. The maximum absolute atomic E-state index is 12.1. The molecule has 0 bridgehead atoms. The van der Waals surface area contributed by atoms with Gasteiger partial charge in [-0.2, -0.15) is 0 Å². The average Bonchev–Trinajstić information content (AvgIpc) is 2.48. The standard InChI is InChI=1S/C15H24N2O2S/c1-2-20(18,19)15-10-6-5-9-14(15)17-13-8-4-3-7-12(13)11-16/h5-6,9-10,12-13,17H,2-4,7-8,11,16H2,1H3. The minimum absolute atomic E-state index is 0.122. The summed E-state index contributed by atoms with van der Waals surface area (Å²) >= 11 is 0. The molecule has 0 spiro atoms. The Kier molecular flexibility index (Phi) is 5.05. The summed E-state index contributed by atoms with van der Waals surface area (Å²) in [6, 6.07) is 7.46. The predicted octanol–water partition coefficient (Wildman–Crippen LogP) is 2.41. The first-order valence-corrected chi connectivity index (χ1v) is 9.02. The van der Waals surface area contributed by atoms with Crippen molar-refractivity contribution in [3.05, 3.63) is 24.3 Å². The van der Waals surface area contributed by atoms with E-state index in [1.807, 2.05) is 12.1 Å². The van der Waals surface area contributed by atoms with Crippen LogP contribution in [0, 0.1) is 5.92 Å². The van der Waals surface area contributed by atoms with Crippen molar-refractivity contribution < 1.29 is 8.42 Å². The molecule has 112 valence electrons. The van der Waals surface area contributed by atoms with Crippen LogP contribution in [0.1, 0.15) is 32.6 Å². The van der Waals surface area contributed by atoms with Crippen LogP contribution in [0.5, 0.6) is 0 Å². The fourth-order valence-electron chi connectivity index (χ4n) is 2.89. The summed E-state index contributed by atoms with van der Waals surface area (Å²) < 4.78 is 24.3. The van der Waals surface area contributed by atoms with E-state index >= 15 is 0 Å². The maximum Gasteiger partial charge on any atom is 0.180 e. The number of anilines is 1. The highest BCUT2D eigenvalue weighted by atomic mass is 32.2. The van der Waals surface area contributed by atoms with Crippen LogP contribution in [0.15, 0.2) is 29.2 Å². The first-order valence-electron chi connectivity index (χ1n) is 7.37. The predicted molar refractivity (Wildman–Crippen MR) is 82.6 cm³/mol. The number of sulfone groups is 1. The van der Waals surface area contributed by atoms with Crippen molar-refractivity contribution >= 4 is 15.5 Å². The van der Waals surface area contributed by atoms with E-state index in [2.05, 4.69) is 5.32 Å². The maximum atomic E-state index is 12.1. The van der Waals surface area contributed by atoms with E-state index in [1.165, 1.54) is 12.8 Å². The summed E-state index contributed by atoms with van der Waals surface area (Å²) in [4.78, 5) is 0.406. The second-order valence-electron chi connectivity index (χ2n) is 5.43. The molecular formula is C15H24N2O2S. The van der Waals surface area contributed by atoms with Crippen LogP contribution in [-0.4, -0.2) is 26.8 Å². The average molecular weight is 296 g/mol. The van der Waals surface area contributed by atoms with E-state index in [0.717, 1.165) is 18.5 Å². The van der Waals surface area contributed by atoms with Crippen LogP contribution in [0.25, 0.3) is 0 Å². The van der Waals surface area contributed by atoms with E-state index in [1.54, 1.807) is 19.1 Å². The zero-order valence-corrected chi connectivity index (χ0v) is 12.8. The summed E-state index contributed by atoms with van der Waals surface area (Å²) in [6.07, 6.45) is 4.57. The lowest BCUT2D eigenvalue weighted by Crippen LogP contribution is -2.37. The van der Waals surface area contributed by atoms with Crippen molar-refractivity contribution in [1.29, 1.82) is 0 Å². The Morgan fingerprint density at radius 1 is 1.25 bits per heavy atom. The van der Waals surface area contributed by atoms with E-state index in [-0.39, 0.29) is 11.8 Å².